The second-order valence-corrected chi connectivity index (χ2v) is 37.7. The van der Waals surface area contributed by atoms with Crippen LogP contribution in [0.25, 0.3) is 0 Å². The molecule has 0 aliphatic carbocycles. The summed E-state index contributed by atoms with van der Waals surface area (Å²) in [5, 5.41) is 6.51. The Labute approximate surface area is 580 Å². The second-order valence-electron chi connectivity index (χ2n) is 31.0. The van der Waals surface area contributed by atoms with Gasteiger partial charge in [-0.1, -0.05) is 30.3 Å². The van der Waals surface area contributed by atoms with Gasteiger partial charge in [-0.15, -0.1) is 0 Å². The molecule has 24 heteroatoms. The molecule has 3 unspecified atom stereocenters. The lowest BCUT2D eigenvalue weighted by atomic mass is 9.78. The number of hydrogen-bond acceptors (Lipinski definition) is 9. The highest BCUT2D eigenvalue weighted by atomic mass is 32.2. The number of benzene rings is 4. The molecule has 6 heterocycles. The minimum absolute atomic E-state index is 0.000352. The minimum Gasteiger partial charge on any atom is -0.445 e. The molecule has 6 fully saturated rings. The van der Waals surface area contributed by atoms with Crippen LogP contribution in [-0.4, -0.2) is 140 Å². The first-order valence-corrected chi connectivity index (χ1v) is 38.4. The first kappa shape index (κ1) is 78.5. The second kappa shape index (κ2) is 33.7. The Kier molecular flexibility index (Phi) is 27.0. The van der Waals surface area contributed by atoms with E-state index >= 15 is 0 Å². The van der Waals surface area contributed by atoms with Gasteiger partial charge in [-0.2, -0.15) is 0 Å². The highest BCUT2D eigenvalue weighted by molar-refractivity contribution is 7.86. The van der Waals surface area contributed by atoms with Gasteiger partial charge in [0.15, 0.2) is 34.9 Å². The van der Waals surface area contributed by atoms with E-state index in [1.165, 1.54) is 11.9 Å². The number of fused-ring (bicyclic) bond motifs is 6. The van der Waals surface area contributed by atoms with E-state index in [4.69, 9.17) is 4.74 Å². The molecule has 0 saturated carbocycles. The Hall–Kier alpha value is -5.17. The minimum atomic E-state index is -1.24. The summed E-state index contributed by atoms with van der Waals surface area (Å²) in [7, 11) is -0.185. The standard InChI is InChI=1S/C31H39F3N2O4S.C23H33F3N2O2S.C20H28F3NOS/c1-31(2,3)41(39)19-23(12-22-15-27(33)28(34)16-26(22)32)21-13-24-10-11-25(14-21)36(24)29(37)17-35(4)30(38)40-18-20-8-6-5-7-9-20;1-23(2,3)31(30)13-16(7-15-10-20(25)21(26)11-19(15)24)14-8-17-5-6-18(9-14)28(17)22(29)12-27-4;1-20(2,3)26(25)11-14(12-7-15-4-5-16(8-12)24-15)6-13-9-18(22)19(23)10-17(13)21/h5-9,15-16,21,23-25H,10-14,17-19H2,1-4H3;10-11,14,16-18,27H,5-9,12-13H2,1-4H3;9-10,12,14-16,24H,4-8,11H2,1-3H3/t21?,23-,24-,25+,41+;14?,16-,17-,18+,31+;12?,14-,15-,16+,26+/m000/s1. The lowest BCUT2D eigenvalue weighted by molar-refractivity contribution is -0.137. The number of nitrogens with zero attached hydrogens (tertiary/aromatic N) is 3. The predicted molar refractivity (Wildman–Crippen MR) is 367 cm³/mol. The molecule has 0 aromatic heterocycles. The van der Waals surface area contributed by atoms with Crippen molar-refractivity contribution in [3.05, 3.63) is 141 Å². The largest absolute Gasteiger partial charge is 0.445 e. The molecule has 0 spiro atoms. The number of halogens is 9. The Balaban J connectivity index is 0.000000193. The molecule has 6 aliphatic rings. The summed E-state index contributed by atoms with van der Waals surface area (Å²) in [6.45, 7) is 17.5. The molecule has 544 valence electrons. The van der Waals surface area contributed by atoms with Gasteiger partial charge >= 0.3 is 6.09 Å². The molecule has 0 radical (unpaired) electrons. The number of ether oxygens (including phenoxy) is 1. The maximum absolute atomic E-state index is 14.6. The van der Waals surface area contributed by atoms with Crippen molar-refractivity contribution in [1.29, 1.82) is 0 Å². The number of likely N-dealkylation sites (N-methyl/N-ethyl adjacent to an activating group) is 2. The number of hydrogen-bond donors (Lipinski definition) is 2. The zero-order valence-electron chi connectivity index (χ0n) is 58.5. The summed E-state index contributed by atoms with van der Waals surface area (Å²) in [5.41, 5.74) is 1.23. The van der Waals surface area contributed by atoms with Crippen molar-refractivity contribution >= 4 is 50.3 Å². The maximum atomic E-state index is 14.6. The highest BCUT2D eigenvalue weighted by Crippen LogP contribution is 2.46. The number of rotatable bonds is 21. The smallest absolute Gasteiger partial charge is 0.410 e. The van der Waals surface area contributed by atoms with Gasteiger partial charge in [-0.3, -0.25) is 22.2 Å². The van der Waals surface area contributed by atoms with Crippen LogP contribution in [0.4, 0.5) is 44.3 Å². The normalized spacial score (nSPS) is 24.7. The first-order chi connectivity index (χ1) is 46.0. The van der Waals surface area contributed by atoms with E-state index in [0.717, 1.165) is 88.0 Å². The zero-order valence-corrected chi connectivity index (χ0v) is 60.9. The van der Waals surface area contributed by atoms with Crippen molar-refractivity contribution in [1.82, 2.24) is 25.3 Å². The van der Waals surface area contributed by atoms with E-state index in [1.807, 2.05) is 102 Å². The zero-order chi connectivity index (χ0) is 71.9. The van der Waals surface area contributed by atoms with Crippen molar-refractivity contribution in [3.63, 3.8) is 0 Å². The molecule has 4 aromatic rings. The fourth-order valence-corrected chi connectivity index (χ4v) is 19.2. The summed E-state index contributed by atoms with van der Waals surface area (Å²) in [6, 6.07) is 15.0. The molecule has 6 aliphatic heterocycles. The SMILES string of the molecule is CC(C)(C)[S@](=O)C[C@H](Cc1cc(F)c(F)cc1F)C1C[C@H]2CC[C@@H](C1)N2.CN(CC(=O)N1[C@@H]2CC[C@H]1CC([C@@H](Cc1cc(F)c(F)cc1F)C[S@@](=O)C(C)(C)C)C2)C(=O)OCc1ccccc1.CNCC(=O)N1[C@@H]2CC[C@H]1CC([C@@H](Cc1cc(F)c(F)cc1F)C[S@@](=O)C(C)(C)C)C2. The van der Waals surface area contributed by atoms with Gasteiger partial charge in [-0.25, -0.2) is 44.3 Å². The van der Waals surface area contributed by atoms with E-state index in [1.54, 1.807) is 7.05 Å². The van der Waals surface area contributed by atoms with Crippen molar-refractivity contribution in [2.45, 2.75) is 216 Å². The Morgan fingerprint density at radius 2 is 0.827 bits per heavy atom. The van der Waals surface area contributed by atoms with Crippen LogP contribution in [0.3, 0.4) is 0 Å². The van der Waals surface area contributed by atoms with E-state index in [2.05, 4.69) is 10.6 Å². The first-order valence-electron chi connectivity index (χ1n) is 34.5. The number of carbonyl (C=O) groups is 3. The fourth-order valence-electron chi connectivity index (χ4n) is 15.4. The summed E-state index contributed by atoms with van der Waals surface area (Å²) in [5.74, 6) is -7.89. The van der Waals surface area contributed by atoms with E-state index in [-0.39, 0.29) is 113 Å². The van der Waals surface area contributed by atoms with Gasteiger partial charge in [0.05, 0.1) is 6.54 Å². The van der Waals surface area contributed by atoms with E-state index < -0.39 is 100 Å². The quantitative estimate of drug-likeness (QED) is 0.0615. The van der Waals surface area contributed by atoms with Gasteiger partial charge in [0, 0.05) is 125 Å². The topological polar surface area (TPSA) is 145 Å². The van der Waals surface area contributed by atoms with Crippen molar-refractivity contribution in [3.8, 4) is 0 Å². The molecule has 15 atom stereocenters. The number of carbonyl (C=O) groups excluding carboxylic acids is 3. The monoisotopic (exact) mass is 1440 g/mol. The molecular formula is C74H100F9N5O7S3. The van der Waals surface area contributed by atoms with E-state index in [0.29, 0.717) is 79.3 Å². The van der Waals surface area contributed by atoms with Gasteiger partial charge in [0.2, 0.25) is 11.8 Å². The Morgan fingerprint density at radius 3 is 1.16 bits per heavy atom. The molecule has 6 saturated heterocycles. The van der Waals surface area contributed by atoms with Crippen LogP contribution in [0.5, 0.6) is 0 Å². The van der Waals surface area contributed by atoms with Gasteiger partial charge in [0.25, 0.3) is 0 Å². The van der Waals surface area contributed by atoms with Crippen LogP contribution in [-0.2, 0) is 72.6 Å². The number of piperidine rings is 3. The lowest BCUT2D eigenvalue weighted by Gasteiger charge is -2.42. The lowest BCUT2D eigenvalue weighted by Crippen LogP contribution is -2.51. The molecule has 98 heavy (non-hydrogen) atoms. The van der Waals surface area contributed by atoms with Crippen LogP contribution in [0, 0.1) is 87.9 Å². The third-order valence-corrected chi connectivity index (χ3v) is 27.0. The van der Waals surface area contributed by atoms with Crippen LogP contribution in [0.15, 0.2) is 66.7 Å². The van der Waals surface area contributed by atoms with Crippen LogP contribution in [0.2, 0.25) is 0 Å². The van der Waals surface area contributed by atoms with E-state index in [9.17, 15) is 66.5 Å². The summed E-state index contributed by atoms with van der Waals surface area (Å²) in [6.07, 6.45) is 10.6. The molecule has 12 nitrogen and oxygen atoms in total. The highest BCUT2D eigenvalue weighted by Gasteiger charge is 2.48. The van der Waals surface area contributed by atoms with Crippen molar-refractivity contribution in [2.24, 2.45) is 35.5 Å². The molecular weight excluding hydrogens is 1340 g/mol. The predicted octanol–water partition coefficient (Wildman–Crippen LogP) is 14.0. The summed E-state index contributed by atoms with van der Waals surface area (Å²) < 4.78 is 168. The van der Waals surface area contributed by atoms with Crippen LogP contribution >= 0.6 is 0 Å². The fraction of sp³-hybridized carbons (Fsp3) is 0.635. The maximum Gasteiger partial charge on any atom is 0.410 e. The number of nitrogens with one attached hydrogen (secondary N) is 2. The van der Waals surface area contributed by atoms with Gasteiger partial charge in [0.1, 0.15) is 30.6 Å². The average molecular weight is 1440 g/mol. The number of amides is 3. The van der Waals surface area contributed by atoms with Crippen molar-refractivity contribution < 1.29 is 71.3 Å². The third-order valence-electron chi connectivity index (χ3n) is 20.7. The average Bonchev–Trinajstić information content (AvgIpc) is 1.59. The van der Waals surface area contributed by atoms with Gasteiger partial charge in [-0.05, 0) is 242 Å². The summed E-state index contributed by atoms with van der Waals surface area (Å²) >= 11 is 0. The Morgan fingerprint density at radius 1 is 0.500 bits per heavy atom. The van der Waals surface area contributed by atoms with Crippen LogP contribution in [0.1, 0.15) is 162 Å². The Bertz CT molecular complexity index is 3460. The molecule has 6 bridgehead atoms. The molecule has 10 rings (SSSR count). The molecule has 4 aromatic carbocycles. The van der Waals surface area contributed by atoms with Gasteiger partial charge < -0.3 is 30.1 Å². The third kappa shape index (κ3) is 20.8. The van der Waals surface area contributed by atoms with Crippen molar-refractivity contribution in [2.75, 3.05) is 44.4 Å². The molecule has 2 N–H and O–H groups in total. The summed E-state index contributed by atoms with van der Waals surface area (Å²) in [4.78, 5) is 43.5. The molecule has 3 amide bonds. The van der Waals surface area contributed by atoms with Crippen LogP contribution < -0.4 is 10.6 Å².